The lowest BCUT2D eigenvalue weighted by Crippen LogP contribution is -2.33. The second kappa shape index (κ2) is 4.92. The minimum atomic E-state index is -0.522. The summed E-state index contributed by atoms with van der Waals surface area (Å²) in [6, 6.07) is 4.55. The molecule has 1 aromatic carbocycles. The molecule has 0 radical (unpaired) electrons. The summed E-state index contributed by atoms with van der Waals surface area (Å²) in [5.41, 5.74) is 5.44. The van der Waals surface area contributed by atoms with Crippen LogP contribution in [0.3, 0.4) is 0 Å². The van der Waals surface area contributed by atoms with Crippen molar-refractivity contribution in [3.05, 3.63) is 34.6 Å². The smallest absolute Gasteiger partial charge is 0.127 e. The van der Waals surface area contributed by atoms with E-state index in [1.54, 1.807) is 19.1 Å². The summed E-state index contributed by atoms with van der Waals surface area (Å²) >= 11 is 5.89. The van der Waals surface area contributed by atoms with Crippen LogP contribution in [0.5, 0.6) is 0 Å². The van der Waals surface area contributed by atoms with Gasteiger partial charge in [-0.15, -0.1) is 0 Å². The number of hydrogen-bond donors (Lipinski definition) is 2. The van der Waals surface area contributed by atoms with E-state index in [2.05, 4.69) is 0 Å². The highest BCUT2D eigenvalue weighted by atomic mass is 35.5. The zero-order valence-corrected chi connectivity index (χ0v) is 9.39. The van der Waals surface area contributed by atoms with Gasteiger partial charge < -0.3 is 10.8 Å². The van der Waals surface area contributed by atoms with E-state index in [0.717, 1.165) is 0 Å². The van der Waals surface area contributed by atoms with Crippen molar-refractivity contribution in [1.82, 2.24) is 0 Å². The first-order valence-electron chi connectivity index (χ1n) is 4.76. The Kier molecular flexibility index (Phi) is 4.08. The first kappa shape index (κ1) is 12.4. The van der Waals surface area contributed by atoms with Crippen molar-refractivity contribution in [2.75, 3.05) is 13.2 Å². The lowest BCUT2D eigenvalue weighted by atomic mass is 9.84. The SMILES string of the molecule is CC(CN)(CO)Cc1c(F)cccc1Cl. The Morgan fingerprint density at radius 1 is 1.53 bits per heavy atom. The normalized spacial score (nSPS) is 15.0. The molecular weight excluding hydrogens is 217 g/mol. The number of hydrogen-bond acceptors (Lipinski definition) is 2. The van der Waals surface area contributed by atoms with Gasteiger partial charge in [-0.3, -0.25) is 0 Å². The maximum atomic E-state index is 13.4. The summed E-state index contributed by atoms with van der Waals surface area (Å²) in [6.07, 6.45) is 0.339. The van der Waals surface area contributed by atoms with Crippen molar-refractivity contribution in [3.63, 3.8) is 0 Å². The van der Waals surface area contributed by atoms with Gasteiger partial charge in [-0.2, -0.15) is 0 Å². The molecule has 2 nitrogen and oxygen atoms in total. The highest BCUT2D eigenvalue weighted by Gasteiger charge is 2.24. The molecule has 0 fully saturated rings. The van der Waals surface area contributed by atoms with Crippen LogP contribution in [0.25, 0.3) is 0 Å². The van der Waals surface area contributed by atoms with Crippen LogP contribution < -0.4 is 5.73 Å². The Morgan fingerprint density at radius 3 is 2.67 bits per heavy atom. The number of nitrogens with two attached hydrogens (primary N) is 1. The fourth-order valence-electron chi connectivity index (χ4n) is 1.32. The maximum Gasteiger partial charge on any atom is 0.127 e. The van der Waals surface area contributed by atoms with Gasteiger partial charge in [-0.1, -0.05) is 24.6 Å². The van der Waals surface area contributed by atoms with Crippen molar-refractivity contribution < 1.29 is 9.50 Å². The van der Waals surface area contributed by atoms with Gasteiger partial charge in [-0.05, 0) is 18.6 Å². The zero-order chi connectivity index (χ0) is 11.5. The lowest BCUT2D eigenvalue weighted by molar-refractivity contribution is 0.148. The van der Waals surface area contributed by atoms with Crippen LogP contribution in [-0.2, 0) is 6.42 Å². The number of aliphatic hydroxyl groups excluding tert-OH is 1. The van der Waals surface area contributed by atoms with Gasteiger partial charge in [0, 0.05) is 29.2 Å². The van der Waals surface area contributed by atoms with E-state index < -0.39 is 5.41 Å². The average molecular weight is 232 g/mol. The van der Waals surface area contributed by atoms with Crippen LogP contribution in [0.4, 0.5) is 4.39 Å². The molecular formula is C11H15ClFNO. The molecule has 1 rings (SSSR count). The number of rotatable bonds is 4. The summed E-state index contributed by atoms with van der Waals surface area (Å²) < 4.78 is 13.4. The first-order valence-corrected chi connectivity index (χ1v) is 5.14. The van der Waals surface area contributed by atoms with Gasteiger partial charge in [0.2, 0.25) is 0 Å². The van der Waals surface area contributed by atoms with E-state index in [9.17, 15) is 9.50 Å². The third-order valence-corrected chi connectivity index (χ3v) is 2.89. The molecule has 0 bridgehead atoms. The summed E-state index contributed by atoms with van der Waals surface area (Å²) in [6.45, 7) is 2.00. The fraction of sp³-hybridized carbons (Fsp3) is 0.455. The van der Waals surface area contributed by atoms with Gasteiger partial charge in [0.25, 0.3) is 0 Å². The van der Waals surface area contributed by atoms with Gasteiger partial charge >= 0.3 is 0 Å². The first-order chi connectivity index (χ1) is 7.02. The molecule has 0 spiro atoms. The van der Waals surface area contributed by atoms with Crippen LogP contribution in [0.2, 0.25) is 5.02 Å². The Labute approximate surface area is 93.9 Å². The molecule has 1 unspecified atom stereocenters. The summed E-state index contributed by atoms with van der Waals surface area (Å²) in [4.78, 5) is 0. The van der Waals surface area contributed by atoms with Gasteiger partial charge in [0.15, 0.2) is 0 Å². The monoisotopic (exact) mass is 231 g/mol. The van der Waals surface area contributed by atoms with Crippen LogP contribution in [0.15, 0.2) is 18.2 Å². The van der Waals surface area contributed by atoms with E-state index in [-0.39, 0.29) is 19.0 Å². The Balaban J connectivity index is 2.98. The topological polar surface area (TPSA) is 46.2 Å². The van der Waals surface area contributed by atoms with Crippen LogP contribution in [-0.4, -0.2) is 18.3 Å². The van der Waals surface area contributed by atoms with Crippen molar-refractivity contribution in [2.24, 2.45) is 11.1 Å². The predicted octanol–water partition coefficient (Wildman–Crippen LogP) is 1.98. The predicted molar refractivity (Wildman–Crippen MR) is 59.4 cm³/mol. The van der Waals surface area contributed by atoms with Crippen molar-refractivity contribution in [3.8, 4) is 0 Å². The van der Waals surface area contributed by atoms with Gasteiger partial charge in [0.05, 0.1) is 0 Å². The van der Waals surface area contributed by atoms with E-state index in [1.165, 1.54) is 6.07 Å². The van der Waals surface area contributed by atoms with E-state index in [1.807, 2.05) is 0 Å². The third-order valence-electron chi connectivity index (χ3n) is 2.54. The van der Waals surface area contributed by atoms with Crippen LogP contribution in [0, 0.1) is 11.2 Å². The molecule has 4 heteroatoms. The molecule has 15 heavy (non-hydrogen) atoms. The second-order valence-electron chi connectivity index (χ2n) is 4.05. The molecule has 0 aliphatic rings. The molecule has 0 aromatic heterocycles. The summed E-state index contributed by atoms with van der Waals surface area (Å²) in [5, 5.41) is 9.56. The lowest BCUT2D eigenvalue weighted by Gasteiger charge is -2.25. The largest absolute Gasteiger partial charge is 0.396 e. The molecule has 84 valence electrons. The molecule has 0 aliphatic carbocycles. The molecule has 0 saturated carbocycles. The molecule has 1 atom stereocenters. The fourth-order valence-corrected chi connectivity index (χ4v) is 1.55. The second-order valence-corrected chi connectivity index (χ2v) is 4.46. The van der Waals surface area contributed by atoms with Gasteiger partial charge in [-0.25, -0.2) is 4.39 Å². The van der Waals surface area contributed by atoms with E-state index >= 15 is 0 Å². The number of aliphatic hydroxyl groups is 1. The molecule has 0 aliphatic heterocycles. The van der Waals surface area contributed by atoms with E-state index in [0.29, 0.717) is 17.0 Å². The number of halogens is 2. The highest BCUT2D eigenvalue weighted by molar-refractivity contribution is 6.31. The Hall–Kier alpha value is -0.640. The molecule has 3 N–H and O–H groups in total. The van der Waals surface area contributed by atoms with Gasteiger partial charge in [0.1, 0.15) is 5.82 Å². The van der Waals surface area contributed by atoms with Crippen molar-refractivity contribution in [1.29, 1.82) is 0 Å². The Morgan fingerprint density at radius 2 is 2.20 bits per heavy atom. The minimum absolute atomic E-state index is 0.0891. The molecule has 1 aromatic rings. The standard InChI is InChI=1S/C11H15ClFNO/c1-11(6-14,7-15)5-8-9(12)3-2-4-10(8)13/h2-4,15H,5-7,14H2,1H3. The summed E-state index contributed by atoms with van der Waals surface area (Å²) in [5.74, 6) is -0.351. The quantitative estimate of drug-likeness (QED) is 0.833. The maximum absolute atomic E-state index is 13.4. The average Bonchev–Trinajstić information content (AvgIpc) is 2.23. The minimum Gasteiger partial charge on any atom is -0.396 e. The van der Waals surface area contributed by atoms with Crippen LogP contribution in [0.1, 0.15) is 12.5 Å². The summed E-state index contributed by atoms with van der Waals surface area (Å²) in [7, 11) is 0. The third kappa shape index (κ3) is 2.91. The number of benzene rings is 1. The molecule has 0 heterocycles. The van der Waals surface area contributed by atoms with E-state index in [4.69, 9.17) is 17.3 Å². The van der Waals surface area contributed by atoms with Crippen molar-refractivity contribution in [2.45, 2.75) is 13.3 Å². The zero-order valence-electron chi connectivity index (χ0n) is 8.63. The highest BCUT2D eigenvalue weighted by Crippen LogP contribution is 2.27. The van der Waals surface area contributed by atoms with Crippen molar-refractivity contribution >= 4 is 11.6 Å². The van der Waals surface area contributed by atoms with Crippen LogP contribution >= 0.6 is 11.6 Å². The Bertz CT molecular complexity index is 319. The molecule has 0 amide bonds. The molecule has 0 saturated heterocycles.